The van der Waals surface area contributed by atoms with Crippen molar-refractivity contribution in [3.05, 3.63) is 35.9 Å². The van der Waals surface area contributed by atoms with E-state index < -0.39 is 15.3 Å². The fourth-order valence-electron chi connectivity index (χ4n) is 3.73. The molecule has 0 aromatic rings. The highest BCUT2D eigenvalue weighted by Crippen LogP contribution is 2.34. The summed E-state index contributed by atoms with van der Waals surface area (Å²) in [5.74, 6) is 1.49. The predicted molar refractivity (Wildman–Crippen MR) is 79.8 cm³/mol. The van der Waals surface area contributed by atoms with Crippen molar-refractivity contribution in [3.8, 4) is 0 Å². The van der Waals surface area contributed by atoms with Gasteiger partial charge in [0.2, 0.25) is 5.44 Å². The number of hydrogen-bond acceptors (Lipinski definition) is 5. The van der Waals surface area contributed by atoms with Gasteiger partial charge in [0.1, 0.15) is 5.76 Å². The maximum absolute atomic E-state index is 11.6. The van der Waals surface area contributed by atoms with Crippen molar-refractivity contribution in [1.29, 1.82) is 0 Å². The minimum absolute atomic E-state index is 0.470. The van der Waals surface area contributed by atoms with Gasteiger partial charge in [-0.1, -0.05) is 0 Å². The van der Waals surface area contributed by atoms with E-state index in [0.29, 0.717) is 11.8 Å². The first kappa shape index (κ1) is 13.4. The van der Waals surface area contributed by atoms with Gasteiger partial charge >= 0.3 is 0 Å². The molecule has 2 saturated heterocycles. The molecule has 0 N–H and O–H groups in total. The largest absolute Gasteiger partial charge is 0.468 e. The van der Waals surface area contributed by atoms with Crippen LogP contribution in [-0.4, -0.2) is 55.6 Å². The molecule has 2 fully saturated rings. The van der Waals surface area contributed by atoms with Crippen molar-refractivity contribution < 1.29 is 13.2 Å². The first-order valence-electron chi connectivity index (χ1n) is 7.46. The molecule has 4 aliphatic heterocycles. The zero-order chi connectivity index (χ0) is 14.6. The second-order valence-corrected chi connectivity index (χ2v) is 8.62. The lowest BCUT2D eigenvalue weighted by Crippen LogP contribution is -2.43. The van der Waals surface area contributed by atoms with Crippen LogP contribution in [0.2, 0.25) is 0 Å². The highest BCUT2D eigenvalue weighted by Gasteiger charge is 2.36. The molecule has 0 radical (unpaired) electrons. The standard InChI is InChI=1S/C15H20N2O3S/c1-21(18,19)15-7-12-3-5-17(10-14(12)20-15)13-6-11-2-4-16(8-11)9-13/h3,5,7,10-11,13,15H,2,4,6,8-9H2,1H3/t11-,13-,15?/m1/s1. The van der Waals surface area contributed by atoms with Crippen LogP contribution in [0, 0.1) is 5.92 Å². The fraction of sp³-hybridized carbons (Fsp3) is 0.600. The van der Waals surface area contributed by atoms with Crippen LogP contribution in [0.5, 0.6) is 0 Å². The van der Waals surface area contributed by atoms with Gasteiger partial charge in [0.15, 0.2) is 9.84 Å². The molecule has 0 spiro atoms. The monoisotopic (exact) mass is 308 g/mol. The molecule has 4 aliphatic rings. The average Bonchev–Trinajstić information content (AvgIpc) is 3.00. The Labute approximate surface area is 125 Å². The Hall–Kier alpha value is -1.27. The maximum atomic E-state index is 11.6. The molecule has 4 heterocycles. The van der Waals surface area contributed by atoms with E-state index in [2.05, 4.69) is 16.0 Å². The zero-order valence-corrected chi connectivity index (χ0v) is 12.9. The lowest BCUT2D eigenvalue weighted by molar-refractivity contribution is 0.164. The Kier molecular flexibility index (Phi) is 2.94. The van der Waals surface area contributed by atoms with Gasteiger partial charge < -0.3 is 14.5 Å². The molecule has 21 heavy (non-hydrogen) atoms. The van der Waals surface area contributed by atoms with Gasteiger partial charge in [0.25, 0.3) is 0 Å². The molecule has 114 valence electrons. The number of piperidine rings is 1. The van der Waals surface area contributed by atoms with Gasteiger partial charge in [0.05, 0.1) is 0 Å². The van der Waals surface area contributed by atoms with Crippen LogP contribution in [-0.2, 0) is 14.6 Å². The van der Waals surface area contributed by atoms with Crippen LogP contribution < -0.4 is 0 Å². The van der Waals surface area contributed by atoms with E-state index in [4.69, 9.17) is 4.74 Å². The lowest BCUT2D eigenvalue weighted by Gasteiger charge is -2.37. The maximum Gasteiger partial charge on any atom is 0.218 e. The molecular formula is C15H20N2O3S. The number of hydrogen-bond donors (Lipinski definition) is 0. The van der Waals surface area contributed by atoms with Crippen molar-refractivity contribution in [1.82, 2.24) is 9.80 Å². The number of fused-ring (bicyclic) bond motifs is 3. The molecule has 4 atom stereocenters. The van der Waals surface area contributed by atoms with E-state index in [0.717, 1.165) is 18.0 Å². The van der Waals surface area contributed by atoms with Crippen molar-refractivity contribution in [3.63, 3.8) is 0 Å². The molecule has 5 nitrogen and oxygen atoms in total. The second kappa shape index (κ2) is 4.61. The van der Waals surface area contributed by atoms with Crippen molar-refractivity contribution >= 4 is 9.84 Å². The van der Waals surface area contributed by atoms with Crippen molar-refractivity contribution in [2.45, 2.75) is 24.3 Å². The minimum atomic E-state index is -3.21. The molecule has 6 heteroatoms. The summed E-state index contributed by atoms with van der Waals surface area (Å²) >= 11 is 0. The van der Waals surface area contributed by atoms with Crippen LogP contribution >= 0.6 is 0 Å². The SMILES string of the molecule is CS(=O)(=O)C1C=C2C=CN([C@@H]3C[C@H]4CCN(C4)C3)C=C2O1. The third kappa shape index (κ3) is 2.40. The zero-order valence-electron chi connectivity index (χ0n) is 12.1. The summed E-state index contributed by atoms with van der Waals surface area (Å²) in [6.45, 7) is 3.54. The molecule has 4 rings (SSSR count). The summed E-state index contributed by atoms with van der Waals surface area (Å²) in [6, 6.07) is 0.470. The third-order valence-electron chi connectivity index (χ3n) is 4.82. The third-order valence-corrected chi connectivity index (χ3v) is 5.90. The number of sulfone groups is 1. The van der Waals surface area contributed by atoms with Crippen LogP contribution in [0.15, 0.2) is 35.9 Å². The molecule has 2 bridgehead atoms. The Morgan fingerprint density at radius 2 is 2.19 bits per heavy atom. The summed E-state index contributed by atoms with van der Waals surface area (Å²) in [5, 5.41) is 0. The van der Waals surface area contributed by atoms with E-state index in [-0.39, 0.29) is 0 Å². The van der Waals surface area contributed by atoms with Gasteiger partial charge in [-0.2, -0.15) is 0 Å². The summed E-state index contributed by atoms with van der Waals surface area (Å²) < 4.78 is 28.8. The fourth-order valence-corrected chi connectivity index (χ4v) is 4.40. The second-order valence-electron chi connectivity index (χ2n) is 6.50. The van der Waals surface area contributed by atoms with Gasteiger partial charge in [-0.05, 0) is 37.5 Å². The molecular weight excluding hydrogens is 288 g/mol. The summed E-state index contributed by atoms with van der Waals surface area (Å²) in [4.78, 5) is 4.72. The predicted octanol–water partition coefficient (Wildman–Crippen LogP) is 1.08. The Morgan fingerprint density at radius 1 is 1.33 bits per heavy atom. The summed E-state index contributed by atoms with van der Waals surface area (Å²) in [7, 11) is -3.21. The van der Waals surface area contributed by atoms with Crippen LogP contribution in [0.25, 0.3) is 0 Å². The molecule has 0 aromatic heterocycles. The topological polar surface area (TPSA) is 49.9 Å². The Balaban J connectivity index is 1.53. The van der Waals surface area contributed by atoms with E-state index >= 15 is 0 Å². The van der Waals surface area contributed by atoms with Gasteiger partial charge in [0, 0.05) is 43.4 Å². The lowest BCUT2D eigenvalue weighted by atomic mass is 9.95. The number of allylic oxidation sites excluding steroid dienone is 1. The average molecular weight is 308 g/mol. The Bertz CT molecular complexity index is 638. The molecule has 0 amide bonds. The first-order valence-corrected chi connectivity index (χ1v) is 9.42. The molecule has 0 saturated carbocycles. The van der Waals surface area contributed by atoms with Crippen LogP contribution in [0.4, 0.5) is 0 Å². The van der Waals surface area contributed by atoms with E-state index in [1.807, 2.05) is 12.3 Å². The molecule has 0 aromatic carbocycles. The highest BCUT2D eigenvalue weighted by atomic mass is 32.2. The highest BCUT2D eigenvalue weighted by molar-refractivity contribution is 7.91. The van der Waals surface area contributed by atoms with E-state index in [1.165, 1.54) is 32.2 Å². The van der Waals surface area contributed by atoms with E-state index in [9.17, 15) is 8.42 Å². The van der Waals surface area contributed by atoms with Crippen LogP contribution in [0.3, 0.4) is 0 Å². The smallest absolute Gasteiger partial charge is 0.218 e. The summed E-state index contributed by atoms with van der Waals surface area (Å²) in [5.41, 5.74) is 0.0374. The summed E-state index contributed by atoms with van der Waals surface area (Å²) in [6.07, 6.45) is 11.4. The quantitative estimate of drug-likeness (QED) is 0.764. The van der Waals surface area contributed by atoms with Gasteiger partial charge in [-0.15, -0.1) is 0 Å². The molecule has 0 aliphatic carbocycles. The van der Waals surface area contributed by atoms with E-state index in [1.54, 1.807) is 6.08 Å². The number of nitrogens with zero attached hydrogens (tertiary/aromatic N) is 2. The minimum Gasteiger partial charge on any atom is -0.468 e. The van der Waals surface area contributed by atoms with Crippen LogP contribution in [0.1, 0.15) is 12.8 Å². The first-order chi connectivity index (χ1) is 9.99. The van der Waals surface area contributed by atoms with Gasteiger partial charge in [-0.3, -0.25) is 0 Å². The normalized spacial score (nSPS) is 37.9. The molecule has 2 unspecified atom stereocenters. The number of rotatable bonds is 2. The van der Waals surface area contributed by atoms with Crippen molar-refractivity contribution in [2.75, 3.05) is 25.9 Å². The van der Waals surface area contributed by atoms with Crippen molar-refractivity contribution in [2.24, 2.45) is 5.92 Å². The Morgan fingerprint density at radius 3 is 2.95 bits per heavy atom. The van der Waals surface area contributed by atoms with Gasteiger partial charge in [-0.25, -0.2) is 8.42 Å². The number of ether oxygens (including phenoxy) is 1.